The van der Waals surface area contributed by atoms with Gasteiger partial charge in [0.05, 0.1) is 0 Å². The number of nitrogens with zero attached hydrogens (tertiary/aromatic N) is 1. The molecule has 1 saturated heterocycles. The molecule has 0 aromatic carbocycles. The molecule has 0 spiro atoms. The molecule has 0 aromatic heterocycles. The molecule has 2 nitrogen and oxygen atoms in total. The maximum atomic E-state index is 3.74. The third-order valence-corrected chi connectivity index (χ3v) is 5.80. The molecule has 2 heteroatoms. The van der Waals surface area contributed by atoms with Crippen LogP contribution in [0.5, 0.6) is 0 Å². The van der Waals surface area contributed by atoms with Crippen molar-refractivity contribution in [3.05, 3.63) is 0 Å². The van der Waals surface area contributed by atoms with Gasteiger partial charge in [-0.3, -0.25) is 0 Å². The summed E-state index contributed by atoms with van der Waals surface area (Å²) in [6, 6.07) is 0. The molecule has 2 fully saturated rings. The number of piperidine rings is 1. The second-order valence-electron chi connectivity index (χ2n) is 8.84. The van der Waals surface area contributed by atoms with E-state index < -0.39 is 0 Å². The first-order valence-corrected chi connectivity index (χ1v) is 9.38. The lowest BCUT2D eigenvalue weighted by Gasteiger charge is -2.46. The molecule has 0 atom stereocenters. The molecule has 1 N–H and O–H groups in total. The van der Waals surface area contributed by atoms with Gasteiger partial charge in [-0.1, -0.05) is 40.5 Å². The molecule has 0 radical (unpaired) electrons. The molecule has 0 aromatic rings. The van der Waals surface area contributed by atoms with Crippen LogP contribution >= 0.6 is 0 Å². The molecule has 2 aliphatic rings. The van der Waals surface area contributed by atoms with Crippen LogP contribution in [0.2, 0.25) is 0 Å². The van der Waals surface area contributed by atoms with Crippen molar-refractivity contribution < 1.29 is 0 Å². The summed E-state index contributed by atoms with van der Waals surface area (Å²) in [6.07, 6.45) is 9.78. The van der Waals surface area contributed by atoms with E-state index >= 15 is 0 Å². The second kappa shape index (κ2) is 7.46. The second-order valence-corrected chi connectivity index (χ2v) is 8.84. The Morgan fingerprint density at radius 2 is 1.86 bits per heavy atom. The van der Waals surface area contributed by atoms with Gasteiger partial charge in [-0.15, -0.1) is 0 Å². The first kappa shape index (κ1) is 17.3. The largest absolute Gasteiger partial charge is 0.316 e. The van der Waals surface area contributed by atoms with Gasteiger partial charge < -0.3 is 10.2 Å². The molecule has 1 saturated carbocycles. The molecule has 0 amide bonds. The third kappa shape index (κ3) is 5.25. The average molecular weight is 295 g/mol. The lowest BCUT2D eigenvalue weighted by Crippen LogP contribution is -2.50. The Bertz CT molecular complexity index is 303. The maximum Gasteiger partial charge on any atom is 0.00504 e. The third-order valence-electron chi connectivity index (χ3n) is 5.80. The highest BCUT2D eigenvalue weighted by Gasteiger charge is 2.37. The Hall–Kier alpha value is -0.0800. The Kier molecular flexibility index (Phi) is 6.14. The molecule has 1 aliphatic heterocycles. The number of hydrogen-bond acceptors (Lipinski definition) is 2. The van der Waals surface area contributed by atoms with Crippen LogP contribution in [0.1, 0.15) is 72.6 Å². The summed E-state index contributed by atoms with van der Waals surface area (Å²) in [4.78, 5) is 2.78. The van der Waals surface area contributed by atoms with Crippen LogP contribution in [0, 0.1) is 16.7 Å². The maximum absolute atomic E-state index is 3.74. The van der Waals surface area contributed by atoms with Gasteiger partial charge in [-0.2, -0.15) is 0 Å². The van der Waals surface area contributed by atoms with Crippen LogP contribution in [0.25, 0.3) is 0 Å². The van der Waals surface area contributed by atoms with Gasteiger partial charge in [0.2, 0.25) is 0 Å². The van der Waals surface area contributed by atoms with Crippen molar-refractivity contribution in [3.8, 4) is 0 Å². The molecule has 21 heavy (non-hydrogen) atoms. The lowest BCUT2D eigenvalue weighted by molar-refractivity contribution is 0.0413. The highest BCUT2D eigenvalue weighted by Crippen LogP contribution is 2.40. The van der Waals surface area contributed by atoms with Crippen LogP contribution in [-0.2, 0) is 0 Å². The zero-order valence-electron chi connectivity index (χ0n) is 15.0. The van der Waals surface area contributed by atoms with E-state index in [4.69, 9.17) is 0 Å². The van der Waals surface area contributed by atoms with Gasteiger partial charge in [0.15, 0.2) is 0 Å². The molecule has 0 bridgehead atoms. The van der Waals surface area contributed by atoms with Gasteiger partial charge >= 0.3 is 0 Å². The van der Waals surface area contributed by atoms with Crippen LogP contribution in [0.3, 0.4) is 0 Å². The number of rotatable bonds is 6. The monoisotopic (exact) mass is 294 g/mol. The fourth-order valence-electron chi connectivity index (χ4n) is 4.45. The Labute approximate surface area is 133 Å². The van der Waals surface area contributed by atoms with E-state index in [1.165, 1.54) is 77.7 Å². The summed E-state index contributed by atoms with van der Waals surface area (Å²) in [5, 5.41) is 3.74. The van der Waals surface area contributed by atoms with E-state index in [0.717, 1.165) is 5.92 Å². The summed E-state index contributed by atoms with van der Waals surface area (Å²) < 4.78 is 0. The molecule has 1 aliphatic carbocycles. The summed E-state index contributed by atoms with van der Waals surface area (Å²) >= 11 is 0. The Balaban J connectivity index is 1.94. The minimum Gasteiger partial charge on any atom is -0.316 e. The van der Waals surface area contributed by atoms with Crippen molar-refractivity contribution in [1.82, 2.24) is 10.2 Å². The molecule has 0 unspecified atom stereocenters. The SMILES string of the molecule is CCCNCC1(CN2CCCC(C)(C)C2)CCC(C)CC1. The predicted molar refractivity (Wildman–Crippen MR) is 92.7 cm³/mol. The van der Waals surface area contributed by atoms with Gasteiger partial charge in [-0.25, -0.2) is 0 Å². The smallest absolute Gasteiger partial charge is 0.00504 e. The topological polar surface area (TPSA) is 15.3 Å². The predicted octanol–water partition coefficient (Wildman–Crippen LogP) is 4.30. The van der Waals surface area contributed by atoms with E-state index in [1.807, 2.05) is 0 Å². The van der Waals surface area contributed by atoms with E-state index in [-0.39, 0.29) is 0 Å². The fraction of sp³-hybridized carbons (Fsp3) is 1.00. The highest BCUT2D eigenvalue weighted by molar-refractivity contribution is 4.91. The summed E-state index contributed by atoms with van der Waals surface area (Å²) in [6.45, 7) is 16.0. The van der Waals surface area contributed by atoms with Crippen molar-refractivity contribution in [2.75, 3.05) is 32.7 Å². The van der Waals surface area contributed by atoms with Crippen molar-refractivity contribution in [2.24, 2.45) is 16.7 Å². The Morgan fingerprint density at radius 1 is 1.14 bits per heavy atom. The molecule has 2 rings (SSSR count). The van der Waals surface area contributed by atoms with Crippen LogP contribution < -0.4 is 5.32 Å². The Morgan fingerprint density at radius 3 is 2.48 bits per heavy atom. The summed E-state index contributed by atoms with van der Waals surface area (Å²) in [5.74, 6) is 0.946. The van der Waals surface area contributed by atoms with E-state index in [1.54, 1.807) is 0 Å². The standard InChI is InChI=1S/C19H38N2/c1-5-12-20-14-19(10-7-17(2)8-11-19)16-21-13-6-9-18(3,4)15-21/h17,20H,5-16H2,1-4H3. The minimum absolute atomic E-state index is 0.526. The minimum atomic E-state index is 0.526. The number of hydrogen-bond donors (Lipinski definition) is 1. The van der Waals surface area contributed by atoms with Gasteiger partial charge in [0.1, 0.15) is 0 Å². The van der Waals surface area contributed by atoms with Crippen LogP contribution in [0.15, 0.2) is 0 Å². The van der Waals surface area contributed by atoms with Crippen molar-refractivity contribution >= 4 is 0 Å². The fourth-order valence-corrected chi connectivity index (χ4v) is 4.45. The quantitative estimate of drug-likeness (QED) is 0.735. The van der Waals surface area contributed by atoms with E-state index in [2.05, 4.69) is 37.9 Å². The van der Waals surface area contributed by atoms with Crippen molar-refractivity contribution in [3.63, 3.8) is 0 Å². The molecular weight excluding hydrogens is 256 g/mol. The molecular formula is C19H38N2. The van der Waals surface area contributed by atoms with Crippen LogP contribution in [0.4, 0.5) is 0 Å². The highest BCUT2D eigenvalue weighted by atomic mass is 15.1. The van der Waals surface area contributed by atoms with E-state index in [0.29, 0.717) is 10.8 Å². The lowest BCUT2D eigenvalue weighted by atomic mass is 9.70. The van der Waals surface area contributed by atoms with Crippen LogP contribution in [-0.4, -0.2) is 37.6 Å². The first-order chi connectivity index (χ1) is 9.95. The van der Waals surface area contributed by atoms with Gasteiger partial charge in [-0.05, 0) is 61.9 Å². The van der Waals surface area contributed by atoms with Gasteiger partial charge in [0.25, 0.3) is 0 Å². The summed E-state index contributed by atoms with van der Waals surface area (Å²) in [5.41, 5.74) is 1.08. The van der Waals surface area contributed by atoms with Crippen molar-refractivity contribution in [2.45, 2.75) is 72.6 Å². The van der Waals surface area contributed by atoms with Gasteiger partial charge in [0, 0.05) is 19.6 Å². The number of nitrogens with one attached hydrogen (secondary N) is 1. The molecule has 124 valence electrons. The zero-order chi connectivity index (χ0) is 15.3. The zero-order valence-corrected chi connectivity index (χ0v) is 15.0. The van der Waals surface area contributed by atoms with E-state index in [9.17, 15) is 0 Å². The summed E-state index contributed by atoms with van der Waals surface area (Å²) in [7, 11) is 0. The normalized spacial score (nSPS) is 34.0. The average Bonchev–Trinajstić information content (AvgIpc) is 2.41. The molecule has 1 heterocycles. The van der Waals surface area contributed by atoms with Crippen molar-refractivity contribution in [1.29, 1.82) is 0 Å². The first-order valence-electron chi connectivity index (χ1n) is 9.38. The number of likely N-dealkylation sites (tertiary alicyclic amines) is 1.